The average Bonchev–Trinajstić information content (AvgIpc) is 2.46. The van der Waals surface area contributed by atoms with Gasteiger partial charge in [-0.2, -0.15) is 18.4 Å². The van der Waals surface area contributed by atoms with Gasteiger partial charge in [-0.15, -0.1) is 0 Å². The topological polar surface area (TPSA) is 70.0 Å². The summed E-state index contributed by atoms with van der Waals surface area (Å²) in [6.45, 7) is 0. The van der Waals surface area contributed by atoms with E-state index in [1.807, 2.05) is 4.72 Å². The zero-order valence-corrected chi connectivity index (χ0v) is 12.8. The third kappa shape index (κ3) is 3.75. The Kier molecular flexibility index (Phi) is 4.54. The Balaban J connectivity index is 2.54. The number of halogens is 4. The van der Waals surface area contributed by atoms with E-state index in [4.69, 9.17) is 16.9 Å². The maximum atomic E-state index is 13.0. The van der Waals surface area contributed by atoms with Crippen LogP contribution in [0.3, 0.4) is 0 Å². The molecule has 0 aliphatic rings. The molecule has 1 N–H and O–H groups in total. The van der Waals surface area contributed by atoms with Gasteiger partial charge in [-0.05, 0) is 30.3 Å². The molecule has 0 saturated heterocycles. The van der Waals surface area contributed by atoms with E-state index in [0.29, 0.717) is 6.07 Å². The van der Waals surface area contributed by atoms with Crippen LogP contribution in [0.2, 0.25) is 5.02 Å². The molecule has 0 heterocycles. The van der Waals surface area contributed by atoms with E-state index in [0.717, 1.165) is 18.2 Å². The summed E-state index contributed by atoms with van der Waals surface area (Å²) < 4.78 is 65.4. The second-order valence-electron chi connectivity index (χ2n) is 4.40. The molecule has 2 aromatic carbocycles. The molecule has 0 amide bonds. The van der Waals surface area contributed by atoms with Crippen LogP contribution >= 0.6 is 11.6 Å². The van der Waals surface area contributed by atoms with Crippen LogP contribution in [0.1, 0.15) is 11.1 Å². The SMILES string of the molecule is N#Cc1ccc(Cl)cc1NS(=O)(=O)c1ccccc1C(F)(F)F. The maximum absolute atomic E-state index is 13.0. The first-order valence-corrected chi connectivity index (χ1v) is 7.90. The van der Waals surface area contributed by atoms with Crippen LogP contribution in [0.25, 0.3) is 0 Å². The first-order chi connectivity index (χ1) is 10.6. The summed E-state index contributed by atoms with van der Waals surface area (Å²) in [5, 5.41) is 9.08. The number of benzene rings is 2. The van der Waals surface area contributed by atoms with Crippen LogP contribution in [0.4, 0.5) is 18.9 Å². The summed E-state index contributed by atoms with van der Waals surface area (Å²) in [4.78, 5) is -0.934. The summed E-state index contributed by atoms with van der Waals surface area (Å²) in [5.74, 6) is 0. The van der Waals surface area contributed by atoms with Crippen molar-refractivity contribution in [2.45, 2.75) is 11.1 Å². The van der Waals surface area contributed by atoms with E-state index < -0.39 is 26.7 Å². The van der Waals surface area contributed by atoms with Gasteiger partial charge >= 0.3 is 6.18 Å². The molecule has 0 radical (unpaired) electrons. The highest BCUT2D eigenvalue weighted by molar-refractivity contribution is 7.92. The van der Waals surface area contributed by atoms with Gasteiger partial charge in [0.05, 0.1) is 21.7 Å². The second-order valence-corrected chi connectivity index (χ2v) is 6.49. The molecule has 23 heavy (non-hydrogen) atoms. The minimum atomic E-state index is -4.84. The van der Waals surface area contributed by atoms with Crippen molar-refractivity contribution in [2.24, 2.45) is 0 Å². The molecule has 0 atom stereocenters. The van der Waals surface area contributed by atoms with Crippen LogP contribution in [-0.2, 0) is 16.2 Å². The molecule has 9 heteroatoms. The van der Waals surface area contributed by atoms with E-state index in [1.54, 1.807) is 6.07 Å². The predicted octanol–water partition coefficient (Wildman–Crippen LogP) is 4.03. The lowest BCUT2D eigenvalue weighted by atomic mass is 10.2. The van der Waals surface area contributed by atoms with Gasteiger partial charge in [0.1, 0.15) is 6.07 Å². The molecule has 120 valence electrons. The second kappa shape index (κ2) is 6.10. The zero-order valence-electron chi connectivity index (χ0n) is 11.2. The van der Waals surface area contributed by atoms with E-state index >= 15 is 0 Å². The van der Waals surface area contributed by atoms with Gasteiger partial charge in [-0.3, -0.25) is 4.72 Å². The molecule has 0 fully saturated rings. The Labute approximate surface area is 135 Å². The molecule has 0 aliphatic heterocycles. The monoisotopic (exact) mass is 360 g/mol. The standard InChI is InChI=1S/C14H8ClF3N2O2S/c15-10-6-5-9(8-19)12(7-10)20-23(21,22)13-4-2-1-3-11(13)14(16,17)18/h1-7,20H. The number of sulfonamides is 1. The first kappa shape index (κ1) is 17.1. The van der Waals surface area contributed by atoms with Crippen molar-refractivity contribution in [2.75, 3.05) is 4.72 Å². The molecule has 0 saturated carbocycles. The quantitative estimate of drug-likeness (QED) is 0.898. The average molecular weight is 361 g/mol. The summed E-state index contributed by atoms with van der Waals surface area (Å²) in [7, 11) is -4.56. The number of nitriles is 1. The Hall–Kier alpha value is -2.24. The van der Waals surface area contributed by atoms with Crippen molar-refractivity contribution in [3.63, 3.8) is 0 Å². The normalized spacial score (nSPS) is 11.8. The van der Waals surface area contributed by atoms with Gasteiger partial charge in [0.2, 0.25) is 0 Å². The molecule has 4 nitrogen and oxygen atoms in total. The van der Waals surface area contributed by atoms with Crippen LogP contribution in [0.15, 0.2) is 47.4 Å². The molecule has 0 bridgehead atoms. The van der Waals surface area contributed by atoms with Gasteiger partial charge in [0.25, 0.3) is 10.0 Å². The molecule has 0 spiro atoms. The number of hydrogen-bond donors (Lipinski definition) is 1. The van der Waals surface area contributed by atoms with Crippen LogP contribution in [-0.4, -0.2) is 8.42 Å². The molecule has 2 aromatic rings. The van der Waals surface area contributed by atoms with E-state index in [2.05, 4.69) is 0 Å². The molecule has 0 aromatic heterocycles. The van der Waals surface area contributed by atoms with Gasteiger partial charge in [0, 0.05) is 5.02 Å². The lowest BCUT2D eigenvalue weighted by Crippen LogP contribution is -2.19. The van der Waals surface area contributed by atoms with Crippen LogP contribution in [0.5, 0.6) is 0 Å². The number of hydrogen-bond acceptors (Lipinski definition) is 3. The molecular weight excluding hydrogens is 353 g/mol. The van der Waals surface area contributed by atoms with Crippen molar-refractivity contribution >= 4 is 27.3 Å². The molecule has 2 rings (SSSR count). The van der Waals surface area contributed by atoms with Crippen LogP contribution in [0, 0.1) is 11.3 Å². The lowest BCUT2D eigenvalue weighted by molar-refractivity contribution is -0.139. The van der Waals surface area contributed by atoms with Crippen LogP contribution < -0.4 is 4.72 Å². The summed E-state index contributed by atoms with van der Waals surface area (Å²) in [6.07, 6.45) is -4.84. The largest absolute Gasteiger partial charge is 0.417 e. The number of anilines is 1. The highest BCUT2D eigenvalue weighted by Crippen LogP contribution is 2.35. The number of nitrogens with one attached hydrogen (secondary N) is 1. The number of rotatable bonds is 3. The van der Waals surface area contributed by atoms with Gasteiger partial charge < -0.3 is 0 Å². The minimum absolute atomic E-state index is 0.0672. The Morgan fingerprint density at radius 1 is 1.13 bits per heavy atom. The highest BCUT2D eigenvalue weighted by atomic mass is 35.5. The number of alkyl halides is 3. The zero-order chi connectivity index (χ0) is 17.3. The van der Waals surface area contributed by atoms with E-state index in [1.165, 1.54) is 18.2 Å². The van der Waals surface area contributed by atoms with E-state index in [9.17, 15) is 21.6 Å². The van der Waals surface area contributed by atoms with Crippen molar-refractivity contribution in [3.05, 3.63) is 58.6 Å². The van der Waals surface area contributed by atoms with Crippen molar-refractivity contribution in [1.29, 1.82) is 5.26 Å². The fourth-order valence-corrected chi connectivity index (χ4v) is 3.30. The molecule has 0 unspecified atom stereocenters. The summed E-state index contributed by atoms with van der Waals surface area (Å²) in [5.41, 5.74) is -1.56. The van der Waals surface area contributed by atoms with Crippen molar-refractivity contribution in [3.8, 4) is 6.07 Å². The van der Waals surface area contributed by atoms with E-state index in [-0.39, 0.29) is 16.3 Å². The smallest absolute Gasteiger partial charge is 0.278 e. The fraction of sp³-hybridized carbons (Fsp3) is 0.0714. The number of nitrogens with zero attached hydrogens (tertiary/aromatic N) is 1. The highest BCUT2D eigenvalue weighted by Gasteiger charge is 2.37. The van der Waals surface area contributed by atoms with Crippen molar-refractivity contribution < 1.29 is 21.6 Å². The first-order valence-electron chi connectivity index (χ1n) is 6.04. The summed E-state index contributed by atoms with van der Waals surface area (Å²) in [6, 6.07) is 9.26. The summed E-state index contributed by atoms with van der Waals surface area (Å²) >= 11 is 5.73. The molecule has 0 aliphatic carbocycles. The fourth-order valence-electron chi connectivity index (χ4n) is 1.83. The van der Waals surface area contributed by atoms with Crippen molar-refractivity contribution in [1.82, 2.24) is 0 Å². The third-order valence-corrected chi connectivity index (χ3v) is 4.49. The maximum Gasteiger partial charge on any atom is 0.417 e. The Morgan fingerprint density at radius 2 is 1.78 bits per heavy atom. The molecular formula is C14H8ClF3N2O2S. The Morgan fingerprint density at radius 3 is 2.39 bits per heavy atom. The van der Waals surface area contributed by atoms with Gasteiger partial charge in [-0.25, -0.2) is 8.42 Å². The lowest BCUT2D eigenvalue weighted by Gasteiger charge is -2.15. The Bertz CT molecular complexity index is 890. The minimum Gasteiger partial charge on any atom is -0.278 e. The van der Waals surface area contributed by atoms with Gasteiger partial charge in [0.15, 0.2) is 0 Å². The third-order valence-electron chi connectivity index (χ3n) is 2.83. The van der Waals surface area contributed by atoms with Gasteiger partial charge in [-0.1, -0.05) is 23.7 Å². The predicted molar refractivity (Wildman–Crippen MR) is 78.4 cm³/mol.